The average Bonchev–Trinajstić information content (AvgIpc) is 3.00. The first-order valence-electron chi connectivity index (χ1n) is 8.14. The van der Waals surface area contributed by atoms with Crippen LogP contribution in [0.5, 0.6) is 0 Å². The van der Waals surface area contributed by atoms with Crippen LogP contribution in [0, 0.1) is 0 Å². The molecule has 0 bridgehead atoms. The van der Waals surface area contributed by atoms with Crippen molar-refractivity contribution in [3.63, 3.8) is 0 Å². The van der Waals surface area contributed by atoms with E-state index in [1.165, 1.54) is 12.3 Å². The topological polar surface area (TPSA) is 79.8 Å². The molecule has 0 aliphatic rings. The number of rotatable bonds is 3. The zero-order valence-corrected chi connectivity index (χ0v) is 14.1. The number of aromatic amines is 1. The highest BCUT2D eigenvalue weighted by molar-refractivity contribution is 6.04. The van der Waals surface area contributed by atoms with Crippen molar-refractivity contribution in [3.8, 4) is 11.4 Å². The van der Waals surface area contributed by atoms with Crippen molar-refractivity contribution in [2.75, 3.05) is 5.32 Å². The fourth-order valence-electron chi connectivity index (χ4n) is 2.91. The Morgan fingerprint density at radius 1 is 1.04 bits per heavy atom. The van der Waals surface area contributed by atoms with Crippen LogP contribution >= 0.6 is 0 Å². The second-order valence-corrected chi connectivity index (χ2v) is 5.93. The second kappa shape index (κ2) is 6.33. The molecule has 4 aromatic rings. The second-order valence-electron chi connectivity index (χ2n) is 5.93. The van der Waals surface area contributed by atoms with Gasteiger partial charge in [0.15, 0.2) is 0 Å². The van der Waals surface area contributed by atoms with Gasteiger partial charge in [0.1, 0.15) is 11.4 Å². The number of hydrogen-bond donors (Lipinski definition) is 2. The van der Waals surface area contributed by atoms with E-state index in [1.54, 1.807) is 18.2 Å². The van der Waals surface area contributed by atoms with Crippen LogP contribution in [0.2, 0.25) is 0 Å². The molecule has 6 nitrogen and oxygen atoms in total. The molecule has 0 radical (unpaired) electrons. The van der Waals surface area contributed by atoms with E-state index in [9.17, 15) is 9.59 Å². The van der Waals surface area contributed by atoms with E-state index < -0.39 is 11.5 Å². The van der Waals surface area contributed by atoms with E-state index in [1.807, 2.05) is 48.0 Å². The first-order valence-corrected chi connectivity index (χ1v) is 8.14. The summed E-state index contributed by atoms with van der Waals surface area (Å²) in [5, 5.41) is 2.73. The Hall–Kier alpha value is -3.67. The number of benzene rings is 2. The third-order valence-electron chi connectivity index (χ3n) is 4.25. The molecule has 0 aliphatic heterocycles. The molecule has 0 unspecified atom stereocenters. The number of nitrogens with zero attached hydrogens (tertiary/aromatic N) is 2. The number of carbonyl (C=O) groups is 1. The van der Waals surface area contributed by atoms with Crippen molar-refractivity contribution in [2.45, 2.75) is 0 Å². The third kappa shape index (κ3) is 2.77. The Kier molecular flexibility index (Phi) is 3.85. The van der Waals surface area contributed by atoms with Crippen molar-refractivity contribution < 1.29 is 4.79 Å². The van der Waals surface area contributed by atoms with Gasteiger partial charge in [0.05, 0.1) is 11.0 Å². The van der Waals surface area contributed by atoms with E-state index in [0.717, 1.165) is 22.4 Å². The molecule has 0 saturated carbocycles. The highest BCUT2D eigenvalue weighted by Crippen LogP contribution is 2.24. The van der Waals surface area contributed by atoms with Gasteiger partial charge in [-0.15, -0.1) is 0 Å². The predicted molar refractivity (Wildman–Crippen MR) is 101 cm³/mol. The van der Waals surface area contributed by atoms with E-state index in [0.29, 0.717) is 5.69 Å². The molecule has 128 valence electrons. The maximum Gasteiger partial charge on any atom is 0.261 e. The van der Waals surface area contributed by atoms with Gasteiger partial charge in [0.2, 0.25) is 0 Å². The largest absolute Gasteiger partial charge is 0.328 e. The summed E-state index contributed by atoms with van der Waals surface area (Å²) in [6.45, 7) is 0. The minimum atomic E-state index is -0.442. The lowest BCUT2D eigenvalue weighted by Gasteiger charge is -2.07. The van der Waals surface area contributed by atoms with Gasteiger partial charge in [-0.3, -0.25) is 9.59 Å². The fraction of sp³-hybridized carbons (Fsp3) is 0.0500. The molecule has 0 saturated heterocycles. The zero-order valence-electron chi connectivity index (χ0n) is 14.1. The Labute approximate surface area is 149 Å². The normalized spacial score (nSPS) is 10.8. The number of pyridine rings is 1. The van der Waals surface area contributed by atoms with Gasteiger partial charge in [-0.2, -0.15) is 0 Å². The van der Waals surface area contributed by atoms with Crippen molar-refractivity contribution in [2.24, 2.45) is 7.05 Å². The summed E-state index contributed by atoms with van der Waals surface area (Å²) in [6, 6.07) is 18.4. The first-order chi connectivity index (χ1) is 12.6. The molecule has 2 N–H and O–H groups in total. The summed E-state index contributed by atoms with van der Waals surface area (Å²) in [4.78, 5) is 31.1. The predicted octanol–water partition coefficient (Wildman–Crippen LogP) is 3.18. The molecule has 1 amide bonds. The average molecular weight is 344 g/mol. The number of aromatic nitrogens is 3. The first kappa shape index (κ1) is 15.8. The lowest BCUT2D eigenvalue weighted by molar-refractivity contribution is 0.102. The lowest BCUT2D eigenvalue weighted by atomic mass is 10.2. The van der Waals surface area contributed by atoms with Gasteiger partial charge < -0.3 is 14.9 Å². The minimum absolute atomic E-state index is 0.0759. The van der Waals surface area contributed by atoms with Gasteiger partial charge in [0, 0.05) is 24.5 Å². The Bertz CT molecular complexity index is 1160. The van der Waals surface area contributed by atoms with Gasteiger partial charge in [-0.25, -0.2) is 4.98 Å². The SMILES string of the molecule is Cn1c(-c2ccc(NC(=O)c3ccc[nH]c3=O)cc2)nc2ccccc21. The van der Waals surface area contributed by atoms with E-state index in [-0.39, 0.29) is 5.56 Å². The number of carbonyl (C=O) groups excluding carboxylic acids is 1. The maximum atomic E-state index is 12.2. The fourth-order valence-corrected chi connectivity index (χ4v) is 2.91. The van der Waals surface area contributed by atoms with Crippen LogP contribution in [0.15, 0.2) is 71.7 Å². The number of H-pyrrole nitrogens is 1. The standard InChI is InChI=1S/C20H16N4O2/c1-24-17-7-3-2-6-16(17)23-18(24)13-8-10-14(11-9-13)22-20(26)15-5-4-12-21-19(15)25/h2-12H,1H3,(H,21,25)(H,22,26). The van der Waals surface area contributed by atoms with E-state index >= 15 is 0 Å². The van der Waals surface area contributed by atoms with Crippen LogP contribution in [0.25, 0.3) is 22.4 Å². The molecule has 2 heterocycles. The smallest absolute Gasteiger partial charge is 0.261 e. The highest BCUT2D eigenvalue weighted by Gasteiger charge is 2.12. The Morgan fingerprint density at radius 3 is 2.54 bits per heavy atom. The summed E-state index contributed by atoms with van der Waals surface area (Å²) in [5.41, 5.74) is 3.21. The molecule has 26 heavy (non-hydrogen) atoms. The summed E-state index contributed by atoms with van der Waals surface area (Å²) in [7, 11) is 1.97. The van der Waals surface area contributed by atoms with E-state index in [2.05, 4.69) is 15.3 Å². The molecule has 2 aromatic heterocycles. The van der Waals surface area contributed by atoms with Crippen LogP contribution in [0.1, 0.15) is 10.4 Å². The molecule has 0 spiro atoms. The molecule has 0 aliphatic carbocycles. The van der Waals surface area contributed by atoms with Crippen LogP contribution in [-0.2, 0) is 7.05 Å². The number of hydrogen-bond acceptors (Lipinski definition) is 3. The summed E-state index contributed by atoms with van der Waals surface area (Å²) in [6.07, 6.45) is 1.49. The summed E-state index contributed by atoms with van der Waals surface area (Å²) in [5.74, 6) is 0.408. The molecular formula is C20H16N4O2. The molecule has 6 heteroatoms. The molecule has 0 atom stereocenters. The van der Waals surface area contributed by atoms with Crippen molar-refractivity contribution in [1.82, 2.24) is 14.5 Å². The van der Waals surface area contributed by atoms with Crippen LogP contribution in [-0.4, -0.2) is 20.4 Å². The minimum Gasteiger partial charge on any atom is -0.328 e. The monoisotopic (exact) mass is 344 g/mol. The van der Waals surface area contributed by atoms with Gasteiger partial charge >= 0.3 is 0 Å². The third-order valence-corrected chi connectivity index (χ3v) is 4.25. The summed E-state index contributed by atoms with van der Waals surface area (Å²) >= 11 is 0. The van der Waals surface area contributed by atoms with Gasteiger partial charge in [0.25, 0.3) is 11.5 Å². The van der Waals surface area contributed by atoms with Crippen LogP contribution in [0.4, 0.5) is 5.69 Å². The Balaban J connectivity index is 1.60. The highest BCUT2D eigenvalue weighted by atomic mass is 16.2. The zero-order chi connectivity index (χ0) is 18.1. The maximum absolute atomic E-state index is 12.2. The number of imidazole rings is 1. The molecule has 4 rings (SSSR count). The van der Waals surface area contributed by atoms with Crippen molar-refractivity contribution in [3.05, 3.63) is 82.8 Å². The number of amides is 1. The number of nitrogens with one attached hydrogen (secondary N) is 2. The number of aryl methyl sites for hydroxylation is 1. The summed E-state index contributed by atoms with van der Waals surface area (Å²) < 4.78 is 2.03. The van der Waals surface area contributed by atoms with E-state index in [4.69, 9.17) is 0 Å². The van der Waals surface area contributed by atoms with Gasteiger partial charge in [-0.1, -0.05) is 12.1 Å². The Morgan fingerprint density at radius 2 is 1.81 bits per heavy atom. The quantitative estimate of drug-likeness (QED) is 0.599. The van der Waals surface area contributed by atoms with Gasteiger partial charge in [-0.05, 0) is 48.5 Å². The van der Waals surface area contributed by atoms with Crippen molar-refractivity contribution >= 4 is 22.6 Å². The molecular weight excluding hydrogens is 328 g/mol. The number of para-hydroxylation sites is 2. The molecule has 2 aromatic carbocycles. The van der Waals surface area contributed by atoms with Crippen LogP contribution in [0.3, 0.4) is 0 Å². The van der Waals surface area contributed by atoms with Crippen molar-refractivity contribution in [1.29, 1.82) is 0 Å². The molecule has 0 fully saturated rings. The lowest BCUT2D eigenvalue weighted by Crippen LogP contribution is -2.22. The van der Waals surface area contributed by atoms with Crippen LogP contribution < -0.4 is 10.9 Å². The number of anilines is 1. The number of fused-ring (bicyclic) bond motifs is 1.